The number of nitrogens with zero attached hydrogens (tertiary/aromatic N) is 2. The SMILES string of the molecule is Cn1cc(NC(=O)OC(C)(C)C)nc1C(=O)NCc1ccc(C(=O)O)cc1. The number of carbonyl (C=O) groups excluding carboxylic acids is 2. The molecule has 1 heterocycles. The summed E-state index contributed by atoms with van der Waals surface area (Å²) in [5.41, 5.74) is 0.275. The fourth-order valence-corrected chi connectivity index (χ4v) is 2.17. The summed E-state index contributed by atoms with van der Waals surface area (Å²) in [6.45, 7) is 5.44. The van der Waals surface area contributed by atoms with Gasteiger partial charge in [-0.05, 0) is 38.5 Å². The van der Waals surface area contributed by atoms with Crippen LogP contribution in [-0.4, -0.2) is 38.2 Å². The Balaban J connectivity index is 1.97. The van der Waals surface area contributed by atoms with Gasteiger partial charge < -0.3 is 19.7 Å². The van der Waals surface area contributed by atoms with Gasteiger partial charge in [0.15, 0.2) is 5.82 Å². The smallest absolute Gasteiger partial charge is 0.413 e. The normalized spacial score (nSPS) is 11.0. The minimum Gasteiger partial charge on any atom is -0.478 e. The first-order valence-electron chi connectivity index (χ1n) is 8.19. The van der Waals surface area contributed by atoms with Crippen molar-refractivity contribution in [3.63, 3.8) is 0 Å². The second kappa shape index (κ2) is 7.90. The average Bonchev–Trinajstić information content (AvgIpc) is 2.91. The Hall–Kier alpha value is -3.36. The maximum atomic E-state index is 12.3. The maximum Gasteiger partial charge on any atom is 0.413 e. The number of anilines is 1. The maximum absolute atomic E-state index is 12.3. The highest BCUT2D eigenvalue weighted by Gasteiger charge is 2.19. The number of rotatable bonds is 5. The minimum absolute atomic E-state index is 0.114. The molecule has 0 spiro atoms. The molecule has 0 atom stereocenters. The lowest BCUT2D eigenvalue weighted by atomic mass is 10.1. The van der Waals surface area contributed by atoms with E-state index in [0.29, 0.717) is 0 Å². The number of aromatic nitrogens is 2. The first kappa shape index (κ1) is 20.0. The van der Waals surface area contributed by atoms with Crippen LogP contribution in [0, 0.1) is 0 Å². The van der Waals surface area contributed by atoms with Crippen LogP contribution in [0.1, 0.15) is 47.3 Å². The van der Waals surface area contributed by atoms with Crippen LogP contribution in [0.15, 0.2) is 30.5 Å². The lowest BCUT2D eigenvalue weighted by Gasteiger charge is -2.18. The first-order chi connectivity index (χ1) is 12.5. The molecule has 3 N–H and O–H groups in total. The fraction of sp³-hybridized carbons (Fsp3) is 0.333. The third-order valence-electron chi connectivity index (χ3n) is 3.36. The number of aromatic carboxylic acids is 1. The van der Waals surface area contributed by atoms with Gasteiger partial charge in [0.1, 0.15) is 5.60 Å². The quantitative estimate of drug-likeness (QED) is 0.738. The van der Waals surface area contributed by atoms with Gasteiger partial charge in [-0.2, -0.15) is 0 Å². The van der Waals surface area contributed by atoms with Crippen LogP contribution in [0.3, 0.4) is 0 Å². The molecule has 0 radical (unpaired) electrons. The van der Waals surface area contributed by atoms with Crippen LogP contribution in [0.25, 0.3) is 0 Å². The van der Waals surface area contributed by atoms with Crippen molar-refractivity contribution >= 4 is 23.8 Å². The number of aryl methyl sites for hydroxylation is 1. The molecule has 0 unspecified atom stereocenters. The third kappa shape index (κ3) is 5.84. The van der Waals surface area contributed by atoms with Crippen molar-refractivity contribution in [1.82, 2.24) is 14.9 Å². The molecule has 0 saturated heterocycles. The molecule has 1 aromatic heterocycles. The van der Waals surface area contributed by atoms with Crippen molar-refractivity contribution in [2.75, 3.05) is 5.32 Å². The Morgan fingerprint density at radius 3 is 2.37 bits per heavy atom. The number of carboxylic acid groups (broad SMARTS) is 1. The number of imidazole rings is 1. The van der Waals surface area contributed by atoms with Gasteiger partial charge in [0.2, 0.25) is 5.82 Å². The fourth-order valence-electron chi connectivity index (χ4n) is 2.17. The number of ether oxygens (including phenoxy) is 1. The molecular weight excluding hydrogens is 352 g/mol. The van der Waals surface area contributed by atoms with Gasteiger partial charge in [-0.3, -0.25) is 10.1 Å². The largest absolute Gasteiger partial charge is 0.478 e. The number of nitrogens with one attached hydrogen (secondary N) is 2. The standard InChI is InChI=1S/C18H22N4O5/c1-18(2,3)27-17(26)21-13-10-22(4)14(20-13)15(23)19-9-11-5-7-12(8-6-11)16(24)25/h5-8,10H,9H2,1-4H3,(H,19,23)(H,21,26)(H,24,25). The highest BCUT2D eigenvalue weighted by molar-refractivity contribution is 5.92. The summed E-state index contributed by atoms with van der Waals surface area (Å²) in [6.07, 6.45) is 0.839. The summed E-state index contributed by atoms with van der Waals surface area (Å²) < 4.78 is 6.62. The van der Waals surface area contributed by atoms with Crippen molar-refractivity contribution in [2.45, 2.75) is 32.9 Å². The van der Waals surface area contributed by atoms with E-state index in [2.05, 4.69) is 15.6 Å². The Morgan fingerprint density at radius 1 is 1.19 bits per heavy atom. The average molecular weight is 374 g/mol. The van der Waals surface area contributed by atoms with Crippen molar-refractivity contribution in [2.24, 2.45) is 7.05 Å². The summed E-state index contributed by atoms with van der Waals surface area (Å²) in [5.74, 6) is -1.13. The van der Waals surface area contributed by atoms with Crippen molar-refractivity contribution in [3.8, 4) is 0 Å². The van der Waals surface area contributed by atoms with Gasteiger partial charge in [-0.1, -0.05) is 12.1 Å². The molecule has 9 heteroatoms. The minimum atomic E-state index is -1.01. The van der Waals surface area contributed by atoms with E-state index in [-0.39, 0.29) is 23.8 Å². The van der Waals surface area contributed by atoms with Crippen LogP contribution in [0.5, 0.6) is 0 Å². The molecule has 144 valence electrons. The van der Waals surface area contributed by atoms with Gasteiger partial charge in [0.05, 0.1) is 5.56 Å². The highest BCUT2D eigenvalue weighted by atomic mass is 16.6. The summed E-state index contributed by atoms with van der Waals surface area (Å²) in [7, 11) is 1.63. The van der Waals surface area contributed by atoms with Crippen molar-refractivity contribution in [1.29, 1.82) is 0 Å². The monoisotopic (exact) mass is 374 g/mol. The molecule has 2 amide bonds. The number of amides is 2. The zero-order valence-electron chi connectivity index (χ0n) is 15.6. The lowest BCUT2D eigenvalue weighted by molar-refractivity contribution is 0.0633. The van der Waals surface area contributed by atoms with Crippen LogP contribution in [0.4, 0.5) is 10.6 Å². The third-order valence-corrected chi connectivity index (χ3v) is 3.36. The first-order valence-corrected chi connectivity index (χ1v) is 8.19. The second-order valence-corrected chi connectivity index (χ2v) is 6.87. The van der Waals surface area contributed by atoms with Gasteiger partial charge in [0, 0.05) is 19.8 Å². The predicted molar refractivity (Wildman–Crippen MR) is 97.6 cm³/mol. The molecule has 0 aliphatic carbocycles. The van der Waals surface area contributed by atoms with Gasteiger partial charge >= 0.3 is 12.1 Å². The molecule has 2 rings (SSSR count). The van der Waals surface area contributed by atoms with E-state index in [1.165, 1.54) is 22.9 Å². The molecule has 0 aliphatic heterocycles. The number of carboxylic acids is 1. The Bertz CT molecular complexity index is 850. The number of carbonyl (C=O) groups is 3. The summed E-state index contributed by atoms with van der Waals surface area (Å²) >= 11 is 0. The zero-order chi connectivity index (χ0) is 20.2. The van der Waals surface area contributed by atoms with E-state index in [1.54, 1.807) is 40.0 Å². The summed E-state index contributed by atoms with van der Waals surface area (Å²) in [4.78, 5) is 39.0. The van der Waals surface area contributed by atoms with Crippen LogP contribution in [-0.2, 0) is 18.3 Å². The van der Waals surface area contributed by atoms with Crippen molar-refractivity contribution in [3.05, 3.63) is 47.4 Å². The summed E-state index contributed by atoms with van der Waals surface area (Å²) in [6, 6.07) is 6.18. The van der Waals surface area contributed by atoms with Crippen LogP contribution in [0.2, 0.25) is 0 Å². The number of hydrogen-bond acceptors (Lipinski definition) is 5. The van der Waals surface area contributed by atoms with Gasteiger partial charge in [-0.15, -0.1) is 0 Å². The van der Waals surface area contributed by atoms with Crippen LogP contribution >= 0.6 is 0 Å². The Labute approximate surface area is 156 Å². The van der Waals surface area contributed by atoms with Gasteiger partial charge in [-0.25, -0.2) is 14.6 Å². The molecule has 0 bridgehead atoms. The molecule has 0 aliphatic rings. The second-order valence-electron chi connectivity index (χ2n) is 6.87. The van der Waals surface area contributed by atoms with E-state index in [9.17, 15) is 14.4 Å². The van der Waals surface area contributed by atoms with Crippen molar-refractivity contribution < 1.29 is 24.2 Å². The lowest BCUT2D eigenvalue weighted by Crippen LogP contribution is -2.27. The van der Waals surface area contributed by atoms with E-state index >= 15 is 0 Å². The number of hydrogen-bond donors (Lipinski definition) is 3. The van der Waals surface area contributed by atoms with E-state index in [4.69, 9.17) is 9.84 Å². The highest BCUT2D eigenvalue weighted by Crippen LogP contribution is 2.12. The number of benzene rings is 1. The summed E-state index contributed by atoms with van der Waals surface area (Å²) in [5, 5.41) is 14.1. The topological polar surface area (TPSA) is 123 Å². The Morgan fingerprint density at radius 2 is 1.81 bits per heavy atom. The van der Waals surface area contributed by atoms with Crippen LogP contribution < -0.4 is 10.6 Å². The predicted octanol–water partition coefficient (Wildman–Crippen LogP) is 2.40. The molecule has 27 heavy (non-hydrogen) atoms. The molecular formula is C18H22N4O5. The Kier molecular flexibility index (Phi) is 5.84. The molecule has 2 aromatic rings. The van der Waals surface area contributed by atoms with Gasteiger partial charge in [0.25, 0.3) is 5.91 Å². The molecule has 1 aromatic carbocycles. The van der Waals surface area contributed by atoms with E-state index in [0.717, 1.165) is 5.56 Å². The molecule has 0 saturated carbocycles. The molecule has 9 nitrogen and oxygen atoms in total. The van der Waals surface area contributed by atoms with E-state index in [1.807, 2.05) is 0 Å². The molecule has 0 fully saturated rings. The van der Waals surface area contributed by atoms with E-state index < -0.39 is 23.6 Å². The zero-order valence-corrected chi connectivity index (χ0v) is 15.6.